The number of morpholine rings is 1. The van der Waals surface area contributed by atoms with Crippen molar-refractivity contribution in [3.8, 4) is 0 Å². The van der Waals surface area contributed by atoms with Crippen LogP contribution in [0, 0.1) is 11.8 Å². The summed E-state index contributed by atoms with van der Waals surface area (Å²) in [6.45, 7) is 9.43. The molecule has 0 aromatic carbocycles. The first-order chi connectivity index (χ1) is 12.8. The van der Waals surface area contributed by atoms with Crippen LogP contribution in [-0.2, 0) is 4.74 Å². The molecule has 0 saturated carbocycles. The predicted octanol–water partition coefficient (Wildman–Crippen LogP) is 1.39. The quantitative estimate of drug-likeness (QED) is 0.506. The fraction of sp³-hybridized carbons (Fsp3) is 0.944. The third kappa shape index (κ3) is 7.83. The Balaban J connectivity index is 1.73. The Morgan fingerprint density at radius 1 is 1.19 bits per heavy atom. The van der Waals surface area contributed by atoms with Gasteiger partial charge in [-0.2, -0.15) is 13.2 Å². The summed E-state index contributed by atoms with van der Waals surface area (Å²) in [5.74, 6) is 1.42. The maximum atomic E-state index is 12.5. The highest BCUT2D eigenvalue weighted by molar-refractivity contribution is 5.79. The van der Waals surface area contributed by atoms with Gasteiger partial charge >= 0.3 is 6.18 Å². The predicted molar refractivity (Wildman–Crippen MR) is 101 cm³/mol. The topological polar surface area (TPSA) is 52.1 Å². The molecule has 2 fully saturated rings. The van der Waals surface area contributed by atoms with Gasteiger partial charge in [0.2, 0.25) is 0 Å². The van der Waals surface area contributed by atoms with Crippen LogP contribution in [0.1, 0.15) is 20.3 Å². The van der Waals surface area contributed by atoms with Gasteiger partial charge in [0.25, 0.3) is 0 Å². The van der Waals surface area contributed by atoms with Crippen molar-refractivity contribution in [1.29, 1.82) is 0 Å². The molecule has 9 heteroatoms. The first kappa shape index (κ1) is 22.2. The number of halogens is 3. The lowest BCUT2D eigenvalue weighted by Gasteiger charge is -2.37. The Bertz CT molecular complexity index is 466. The van der Waals surface area contributed by atoms with Gasteiger partial charge < -0.3 is 15.4 Å². The maximum Gasteiger partial charge on any atom is 0.401 e. The van der Waals surface area contributed by atoms with Gasteiger partial charge in [-0.05, 0) is 24.8 Å². The molecule has 2 heterocycles. The van der Waals surface area contributed by atoms with Crippen LogP contribution in [0.25, 0.3) is 0 Å². The van der Waals surface area contributed by atoms with E-state index in [4.69, 9.17) is 4.74 Å². The Morgan fingerprint density at radius 2 is 1.89 bits per heavy atom. The van der Waals surface area contributed by atoms with Crippen LogP contribution in [0.4, 0.5) is 13.2 Å². The number of hydrogen-bond acceptors (Lipinski definition) is 4. The number of hydrogen-bond donors (Lipinski definition) is 2. The van der Waals surface area contributed by atoms with Gasteiger partial charge in [0, 0.05) is 45.8 Å². The van der Waals surface area contributed by atoms with Gasteiger partial charge in [-0.15, -0.1) is 0 Å². The molecule has 2 saturated heterocycles. The minimum absolute atomic E-state index is 0.214. The molecule has 2 aliphatic rings. The minimum atomic E-state index is -4.12. The number of likely N-dealkylation sites (tertiary alicyclic amines) is 1. The van der Waals surface area contributed by atoms with Gasteiger partial charge in [0.15, 0.2) is 5.96 Å². The van der Waals surface area contributed by atoms with Crippen molar-refractivity contribution >= 4 is 5.96 Å². The highest BCUT2D eigenvalue weighted by Gasteiger charge is 2.34. The van der Waals surface area contributed by atoms with Crippen LogP contribution in [0.3, 0.4) is 0 Å². The van der Waals surface area contributed by atoms with Crippen molar-refractivity contribution in [1.82, 2.24) is 20.4 Å². The molecule has 2 aliphatic heterocycles. The Labute approximate surface area is 160 Å². The zero-order valence-corrected chi connectivity index (χ0v) is 16.7. The molecule has 158 valence electrons. The summed E-state index contributed by atoms with van der Waals surface area (Å²) < 4.78 is 42.9. The van der Waals surface area contributed by atoms with Gasteiger partial charge in [-0.25, -0.2) is 0 Å². The van der Waals surface area contributed by atoms with E-state index in [1.54, 1.807) is 7.05 Å². The molecule has 0 aromatic heterocycles. The number of aliphatic imine (C=N–C) groups is 1. The van der Waals surface area contributed by atoms with Crippen LogP contribution >= 0.6 is 0 Å². The highest BCUT2D eigenvalue weighted by Crippen LogP contribution is 2.22. The van der Waals surface area contributed by atoms with Gasteiger partial charge in [0.05, 0.1) is 19.8 Å². The molecule has 0 radical (unpaired) electrons. The Hall–Kier alpha value is -1.06. The molecular weight excluding hydrogens is 359 g/mol. The first-order valence-corrected chi connectivity index (χ1v) is 9.84. The zero-order valence-electron chi connectivity index (χ0n) is 16.7. The monoisotopic (exact) mass is 393 g/mol. The molecule has 2 N–H and O–H groups in total. The average molecular weight is 393 g/mol. The van der Waals surface area contributed by atoms with Crippen molar-refractivity contribution in [3.63, 3.8) is 0 Å². The van der Waals surface area contributed by atoms with E-state index in [1.165, 1.54) is 4.90 Å². The molecule has 27 heavy (non-hydrogen) atoms. The van der Waals surface area contributed by atoms with E-state index < -0.39 is 12.7 Å². The van der Waals surface area contributed by atoms with Crippen LogP contribution in [-0.4, -0.2) is 94.1 Å². The second-order valence-corrected chi connectivity index (χ2v) is 7.80. The molecule has 6 nitrogen and oxygen atoms in total. The summed E-state index contributed by atoms with van der Waals surface area (Å²) in [5, 5.41) is 6.66. The van der Waals surface area contributed by atoms with Crippen LogP contribution in [0.15, 0.2) is 4.99 Å². The third-order valence-corrected chi connectivity index (χ3v) is 5.32. The first-order valence-electron chi connectivity index (χ1n) is 9.84. The molecule has 0 amide bonds. The summed E-state index contributed by atoms with van der Waals surface area (Å²) in [7, 11) is 1.72. The van der Waals surface area contributed by atoms with E-state index in [9.17, 15) is 13.2 Å². The van der Waals surface area contributed by atoms with Crippen LogP contribution in [0.2, 0.25) is 0 Å². The lowest BCUT2D eigenvalue weighted by Crippen LogP contribution is -2.53. The Kier molecular flexibility index (Phi) is 8.62. The van der Waals surface area contributed by atoms with E-state index in [1.807, 2.05) is 0 Å². The lowest BCUT2D eigenvalue weighted by molar-refractivity contribution is -0.143. The number of guanidine groups is 1. The lowest BCUT2D eigenvalue weighted by atomic mass is 10.0. The SMILES string of the molecule is CN=C(NCC1CCN(CC(F)(F)F)C1)NCC(C(C)C)N1CCOCC1. The average Bonchev–Trinajstić information content (AvgIpc) is 3.04. The van der Waals surface area contributed by atoms with Gasteiger partial charge in [-0.1, -0.05) is 13.8 Å². The van der Waals surface area contributed by atoms with Crippen LogP contribution in [0.5, 0.6) is 0 Å². The van der Waals surface area contributed by atoms with E-state index in [2.05, 4.69) is 34.4 Å². The molecule has 0 aromatic rings. The number of rotatable bonds is 7. The minimum Gasteiger partial charge on any atom is -0.379 e. The van der Waals surface area contributed by atoms with E-state index in [-0.39, 0.29) is 5.92 Å². The maximum absolute atomic E-state index is 12.5. The number of ether oxygens (including phenoxy) is 1. The molecule has 0 spiro atoms. The molecular formula is C18H34F3N5O. The van der Waals surface area contributed by atoms with Crippen molar-refractivity contribution in [2.45, 2.75) is 32.5 Å². The van der Waals surface area contributed by atoms with Crippen molar-refractivity contribution < 1.29 is 17.9 Å². The standard InChI is InChI=1S/C18H34F3N5O/c1-14(2)16(26-6-8-27-9-7-26)11-24-17(22-3)23-10-15-4-5-25(12-15)13-18(19,20)21/h14-16H,4-13H2,1-3H3,(H2,22,23,24). The fourth-order valence-electron chi connectivity index (χ4n) is 3.84. The molecule has 0 bridgehead atoms. The Morgan fingerprint density at radius 3 is 2.48 bits per heavy atom. The fourth-order valence-corrected chi connectivity index (χ4v) is 3.84. The second-order valence-electron chi connectivity index (χ2n) is 7.80. The summed E-state index contributed by atoms with van der Waals surface area (Å²) >= 11 is 0. The summed E-state index contributed by atoms with van der Waals surface area (Å²) in [4.78, 5) is 8.19. The smallest absolute Gasteiger partial charge is 0.379 e. The van der Waals surface area contributed by atoms with E-state index in [0.29, 0.717) is 37.6 Å². The zero-order chi connectivity index (χ0) is 19.9. The van der Waals surface area contributed by atoms with Crippen molar-refractivity contribution in [3.05, 3.63) is 0 Å². The van der Waals surface area contributed by atoms with Crippen molar-refractivity contribution in [2.75, 3.05) is 66.1 Å². The molecule has 2 rings (SSSR count). The van der Waals surface area contributed by atoms with Gasteiger partial charge in [-0.3, -0.25) is 14.8 Å². The summed E-state index contributed by atoms with van der Waals surface area (Å²) in [5.41, 5.74) is 0. The van der Waals surface area contributed by atoms with Crippen molar-refractivity contribution in [2.24, 2.45) is 16.8 Å². The molecule has 2 unspecified atom stereocenters. The normalized spacial score (nSPS) is 24.4. The number of alkyl halides is 3. The van der Waals surface area contributed by atoms with E-state index >= 15 is 0 Å². The molecule has 2 atom stereocenters. The molecule has 0 aliphatic carbocycles. The number of nitrogens with zero attached hydrogens (tertiary/aromatic N) is 3. The van der Waals surface area contributed by atoms with Gasteiger partial charge in [0.1, 0.15) is 0 Å². The van der Waals surface area contributed by atoms with Crippen LogP contribution < -0.4 is 10.6 Å². The number of nitrogens with one attached hydrogen (secondary N) is 2. The summed E-state index contributed by atoms with van der Waals surface area (Å²) in [6, 6.07) is 0.390. The van der Waals surface area contributed by atoms with E-state index in [0.717, 1.165) is 39.3 Å². The third-order valence-electron chi connectivity index (χ3n) is 5.32. The largest absolute Gasteiger partial charge is 0.401 e. The summed E-state index contributed by atoms with van der Waals surface area (Å²) in [6.07, 6.45) is -3.34. The second kappa shape index (κ2) is 10.5. The highest BCUT2D eigenvalue weighted by atomic mass is 19.4.